The molecule has 0 unspecified atom stereocenters. The topological polar surface area (TPSA) is 20.2 Å². The van der Waals surface area contributed by atoms with Crippen molar-refractivity contribution in [1.82, 2.24) is 14.8 Å². The summed E-state index contributed by atoms with van der Waals surface area (Å²) in [5, 5.41) is 1.38. The second-order valence-corrected chi connectivity index (χ2v) is 5.50. The van der Waals surface area contributed by atoms with Crippen molar-refractivity contribution >= 4 is 0 Å². The van der Waals surface area contributed by atoms with E-state index in [0.717, 1.165) is 4.57 Å². The number of piperidine rings is 1. The molecule has 3 heterocycles. The SMILES string of the molecule is [2H]N1CCC2(CC1)c1c(F)cc(C(F)(F)F)n1CCN2C. The van der Waals surface area contributed by atoms with Crippen LogP contribution in [0.15, 0.2) is 6.07 Å². The van der Waals surface area contributed by atoms with Crippen molar-refractivity contribution in [1.29, 1.82) is 0 Å². The fourth-order valence-corrected chi connectivity index (χ4v) is 3.48. The average Bonchev–Trinajstić information content (AvgIpc) is 2.75. The van der Waals surface area contributed by atoms with Gasteiger partial charge in [0.2, 0.25) is 0 Å². The second kappa shape index (κ2) is 4.46. The molecule has 0 bridgehead atoms. The standard InChI is InChI=1S/C13H17F4N3/c1-19-6-7-20-10(13(15,16)17)8-9(14)11(20)12(19)2-4-18-5-3-12/h8,18H,2-7H2,1H3/i/hD. The number of hydrogen-bond acceptors (Lipinski definition) is 2. The van der Waals surface area contributed by atoms with Crippen LogP contribution >= 0.6 is 0 Å². The molecule has 0 atom stereocenters. The Bertz CT molecular complexity index is 546. The van der Waals surface area contributed by atoms with Crippen molar-refractivity contribution in [3.8, 4) is 0 Å². The Labute approximate surface area is 116 Å². The maximum Gasteiger partial charge on any atom is 0.431 e. The van der Waals surface area contributed by atoms with Crippen molar-refractivity contribution < 1.29 is 19.0 Å². The first kappa shape index (κ1) is 12.6. The highest BCUT2D eigenvalue weighted by Gasteiger charge is 2.48. The first-order valence-corrected chi connectivity index (χ1v) is 6.67. The Morgan fingerprint density at radius 1 is 1.30 bits per heavy atom. The Morgan fingerprint density at radius 3 is 2.55 bits per heavy atom. The third-order valence-electron chi connectivity index (χ3n) is 4.54. The highest BCUT2D eigenvalue weighted by Crippen LogP contribution is 2.44. The van der Waals surface area contributed by atoms with E-state index in [1.165, 1.54) is 5.31 Å². The van der Waals surface area contributed by atoms with Gasteiger partial charge in [-0.05, 0) is 33.0 Å². The number of nitrogens with zero attached hydrogens (tertiary/aromatic N) is 2. The summed E-state index contributed by atoms with van der Waals surface area (Å²) in [6.07, 6.45) is -3.62. The number of nitrogens with one attached hydrogen (secondary N) is 1. The van der Waals surface area contributed by atoms with Crippen molar-refractivity contribution in [2.75, 3.05) is 26.7 Å². The molecule has 2 aliphatic heterocycles. The lowest BCUT2D eigenvalue weighted by molar-refractivity contribution is -0.144. The van der Waals surface area contributed by atoms with Crippen LogP contribution in [0.5, 0.6) is 0 Å². The fraction of sp³-hybridized carbons (Fsp3) is 0.692. The minimum atomic E-state index is -4.55. The molecule has 0 radical (unpaired) electrons. The van der Waals surface area contributed by atoms with Gasteiger partial charge in [0.25, 0.3) is 0 Å². The zero-order valence-electron chi connectivity index (χ0n) is 12.2. The highest BCUT2D eigenvalue weighted by atomic mass is 19.4. The third kappa shape index (κ3) is 1.87. The molecule has 3 nitrogen and oxygen atoms in total. The van der Waals surface area contributed by atoms with Gasteiger partial charge in [0, 0.05) is 19.2 Å². The van der Waals surface area contributed by atoms with Crippen molar-refractivity contribution in [2.45, 2.75) is 31.1 Å². The van der Waals surface area contributed by atoms with E-state index in [2.05, 4.69) is 0 Å². The van der Waals surface area contributed by atoms with Crippen LogP contribution in [0, 0.1) is 5.82 Å². The van der Waals surface area contributed by atoms with Crippen LogP contribution in [0.4, 0.5) is 17.6 Å². The minimum absolute atomic E-state index is 0.136. The van der Waals surface area contributed by atoms with E-state index in [0.29, 0.717) is 38.5 Å². The molecule has 7 heteroatoms. The molecule has 1 aromatic rings. The van der Waals surface area contributed by atoms with E-state index in [9.17, 15) is 17.6 Å². The van der Waals surface area contributed by atoms with Crippen LogP contribution < -0.4 is 5.31 Å². The monoisotopic (exact) mass is 292 g/mol. The van der Waals surface area contributed by atoms with E-state index in [1.807, 2.05) is 11.9 Å². The molecule has 20 heavy (non-hydrogen) atoms. The predicted octanol–water partition coefficient (Wildman–Crippen LogP) is 2.17. The van der Waals surface area contributed by atoms with E-state index >= 15 is 0 Å². The van der Waals surface area contributed by atoms with Crippen molar-refractivity contribution in [2.24, 2.45) is 0 Å². The first-order valence-electron chi connectivity index (χ1n) is 7.12. The van der Waals surface area contributed by atoms with E-state index in [1.54, 1.807) is 0 Å². The molecule has 1 aromatic heterocycles. The van der Waals surface area contributed by atoms with E-state index in [4.69, 9.17) is 1.41 Å². The van der Waals surface area contributed by atoms with Crippen LogP contribution in [0.25, 0.3) is 0 Å². The molecule has 1 fully saturated rings. The van der Waals surface area contributed by atoms with Gasteiger partial charge in [-0.2, -0.15) is 13.2 Å². The van der Waals surface area contributed by atoms with Gasteiger partial charge in [0.05, 0.1) is 11.2 Å². The lowest BCUT2D eigenvalue weighted by atomic mass is 9.82. The zero-order chi connectivity index (χ0) is 15.4. The maximum atomic E-state index is 14.3. The Morgan fingerprint density at radius 2 is 1.95 bits per heavy atom. The van der Waals surface area contributed by atoms with Crippen molar-refractivity contribution in [3.05, 3.63) is 23.3 Å². The smallest absolute Gasteiger partial charge is 0.336 e. The Hall–Kier alpha value is -1.08. The van der Waals surface area contributed by atoms with Crippen LogP contribution in [0.1, 0.15) is 24.2 Å². The predicted molar refractivity (Wildman–Crippen MR) is 65.8 cm³/mol. The van der Waals surface area contributed by atoms with Crippen LogP contribution in [-0.2, 0) is 18.3 Å². The van der Waals surface area contributed by atoms with Gasteiger partial charge in [-0.3, -0.25) is 4.90 Å². The van der Waals surface area contributed by atoms with Crippen LogP contribution in [-0.4, -0.2) is 36.1 Å². The molecule has 0 saturated carbocycles. The number of rotatable bonds is 0. The molecular formula is C13H17F4N3. The minimum Gasteiger partial charge on any atom is -0.336 e. The summed E-state index contributed by atoms with van der Waals surface area (Å²) in [7, 11) is 1.82. The lowest BCUT2D eigenvalue weighted by Gasteiger charge is -2.48. The Kier molecular flexibility index (Phi) is 2.82. The number of alkyl halides is 3. The van der Waals surface area contributed by atoms with E-state index in [-0.39, 0.29) is 12.2 Å². The third-order valence-corrected chi connectivity index (χ3v) is 4.54. The van der Waals surface area contributed by atoms with Crippen LogP contribution in [0.2, 0.25) is 1.41 Å². The fourth-order valence-electron chi connectivity index (χ4n) is 3.48. The molecule has 1 spiro atoms. The van der Waals surface area contributed by atoms with Gasteiger partial charge in [0.1, 0.15) is 12.9 Å². The van der Waals surface area contributed by atoms with Gasteiger partial charge in [0.15, 0.2) is 0 Å². The average molecular weight is 292 g/mol. The number of hydrogen-bond donors (Lipinski definition) is 1. The number of aromatic nitrogens is 1. The molecule has 112 valence electrons. The number of halogens is 4. The molecule has 1 N–H and O–H groups in total. The highest BCUT2D eigenvalue weighted by molar-refractivity contribution is 5.30. The van der Waals surface area contributed by atoms with Gasteiger partial charge in [-0.25, -0.2) is 4.39 Å². The molecule has 1 saturated heterocycles. The van der Waals surface area contributed by atoms with Gasteiger partial charge >= 0.3 is 6.18 Å². The first-order chi connectivity index (χ1) is 9.75. The molecular weight excluding hydrogens is 274 g/mol. The normalized spacial score (nSPS) is 24.8. The van der Waals surface area contributed by atoms with Gasteiger partial charge < -0.3 is 9.88 Å². The molecule has 0 amide bonds. The molecule has 0 aliphatic carbocycles. The van der Waals surface area contributed by atoms with E-state index < -0.39 is 23.2 Å². The van der Waals surface area contributed by atoms with Crippen LogP contribution in [0.3, 0.4) is 0 Å². The summed E-state index contributed by atoms with van der Waals surface area (Å²) >= 11 is 0. The largest absolute Gasteiger partial charge is 0.431 e. The molecule has 2 aliphatic rings. The van der Waals surface area contributed by atoms with Gasteiger partial charge in [-0.15, -0.1) is 0 Å². The summed E-state index contributed by atoms with van der Waals surface area (Å²) in [4.78, 5) is 1.94. The molecule has 3 rings (SSSR count). The van der Waals surface area contributed by atoms with Gasteiger partial charge in [-0.1, -0.05) is 0 Å². The zero-order valence-corrected chi connectivity index (χ0v) is 11.2. The summed E-state index contributed by atoms with van der Waals surface area (Å²) in [5.74, 6) is -0.785. The molecule has 0 aromatic carbocycles. The summed E-state index contributed by atoms with van der Waals surface area (Å²) in [5.41, 5.74) is -1.50. The Balaban J connectivity index is 2.12. The summed E-state index contributed by atoms with van der Waals surface area (Å²) in [6.45, 7) is 1.44. The van der Waals surface area contributed by atoms with Crippen molar-refractivity contribution in [3.63, 3.8) is 0 Å². The number of fused-ring (bicyclic) bond motifs is 2. The summed E-state index contributed by atoms with van der Waals surface area (Å²) < 4.78 is 62.2. The summed E-state index contributed by atoms with van der Waals surface area (Å²) in [6, 6.07) is 0.614. The lowest BCUT2D eigenvalue weighted by Crippen LogP contribution is -2.55. The quantitative estimate of drug-likeness (QED) is 0.740. The number of likely N-dealkylation sites (N-methyl/N-ethyl adjacent to an activating group) is 1. The second-order valence-electron chi connectivity index (χ2n) is 5.50. The maximum absolute atomic E-state index is 14.3.